The van der Waals surface area contributed by atoms with Gasteiger partial charge >= 0.3 is 0 Å². The van der Waals surface area contributed by atoms with Gasteiger partial charge in [-0.3, -0.25) is 19.5 Å². The molecule has 2 aromatic rings. The SMILES string of the molecule is O=C1CC(=O)N(c2nccc3cccnc23)C1. The summed E-state index contributed by atoms with van der Waals surface area (Å²) in [5.41, 5.74) is 0.651. The van der Waals surface area contributed by atoms with Crippen LogP contribution in [0.2, 0.25) is 0 Å². The minimum atomic E-state index is -0.208. The van der Waals surface area contributed by atoms with Gasteiger partial charge in [0.25, 0.3) is 0 Å². The third kappa shape index (κ3) is 1.56. The summed E-state index contributed by atoms with van der Waals surface area (Å²) in [4.78, 5) is 32.7. The Morgan fingerprint density at radius 1 is 1.12 bits per heavy atom. The van der Waals surface area contributed by atoms with Crippen molar-refractivity contribution in [1.29, 1.82) is 0 Å². The summed E-state index contributed by atoms with van der Waals surface area (Å²) in [6, 6.07) is 5.55. The van der Waals surface area contributed by atoms with Crippen LogP contribution in [0.15, 0.2) is 30.6 Å². The van der Waals surface area contributed by atoms with Gasteiger partial charge in [-0.1, -0.05) is 6.07 Å². The average molecular weight is 227 g/mol. The van der Waals surface area contributed by atoms with Crippen molar-refractivity contribution < 1.29 is 9.59 Å². The number of fused-ring (bicyclic) bond motifs is 1. The highest BCUT2D eigenvalue weighted by Crippen LogP contribution is 2.24. The molecule has 1 amide bonds. The van der Waals surface area contributed by atoms with E-state index in [9.17, 15) is 9.59 Å². The fraction of sp³-hybridized carbons (Fsp3) is 0.167. The van der Waals surface area contributed by atoms with Gasteiger partial charge in [-0.15, -0.1) is 0 Å². The minimum Gasteiger partial charge on any atom is -0.297 e. The maximum Gasteiger partial charge on any atom is 0.236 e. The van der Waals surface area contributed by atoms with Crippen LogP contribution in [0.25, 0.3) is 10.9 Å². The summed E-state index contributed by atoms with van der Waals surface area (Å²) in [6.07, 6.45) is 3.23. The van der Waals surface area contributed by atoms with E-state index in [1.54, 1.807) is 12.4 Å². The van der Waals surface area contributed by atoms with Crippen molar-refractivity contribution in [2.24, 2.45) is 0 Å². The summed E-state index contributed by atoms with van der Waals surface area (Å²) in [7, 11) is 0. The molecule has 3 rings (SSSR count). The number of anilines is 1. The number of Topliss-reactive ketones (excluding diaryl/α,β-unsaturated/α-hetero) is 1. The first-order valence-corrected chi connectivity index (χ1v) is 5.27. The maximum atomic E-state index is 11.7. The molecule has 0 saturated carbocycles. The highest BCUT2D eigenvalue weighted by Gasteiger charge is 2.30. The lowest BCUT2D eigenvalue weighted by Gasteiger charge is -2.14. The zero-order valence-electron chi connectivity index (χ0n) is 8.96. The van der Waals surface area contributed by atoms with Gasteiger partial charge in [0.15, 0.2) is 11.6 Å². The lowest BCUT2D eigenvalue weighted by Crippen LogP contribution is -2.25. The van der Waals surface area contributed by atoms with Gasteiger partial charge in [0.05, 0.1) is 13.0 Å². The number of nitrogens with zero attached hydrogens (tertiary/aromatic N) is 3. The largest absolute Gasteiger partial charge is 0.297 e. The standard InChI is InChI=1S/C12H9N3O2/c16-9-6-10(17)15(7-9)12-11-8(3-5-14-12)2-1-4-13-11/h1-5H,6-7H2. The number of rotatable bonds is 1. The molecule has 5 heteroatoms. The first kappa shape index (κ1) is 9.89. The van der Waals surface area contributed by atoms with E-state index in [1.807, 2.05) is 18.2 Å². The summed E-state index contributed by atoms with van der Waals surface area (Å²) in [5, 5.41) is 0.907. The van der Waals surface area contributed by atoms with Crippen LogP contribution in [0.1, 0.15) is 6.42 Å². The molecule has 0 aliphatic carbocycles. The quantitative estimate of drug-likeness (QED) is 0.680. The third-order valence-electron chi connectivity index (χ3n) is 2.74. The van der Waals surface area contributed by atoms with E-state index < -0.39 is 0 Å². The van der Waals surface area contributed by atoms with Gasteiger partial charge in [-0.25, -0.2) is 4.98 Å². The van der Waals surface area contributed by atoms with Crippen LogP contribution in [0.4, 0.5) is 5.82 Å². The number of ketones is 1. The predicted octanol–water partition coefficient (Wildman–Crippen LogP) is 0.936. The number of aromatic nitrogens is 2. The molecule has 5 nitrogen and oxygen atoms in total. The first-order chi connectivity index (χ1) is 8.25. The van der Waals surface area contributed by atoms with E-state index >= 15 is 0 Å². The molecule has 1 aliphatic rings. The van der Waals surface area contributed by atoms with E-state index in [4.69, 9.17) is 0 Å². The molecule has 0 aromatic carbocycles. The van der Waals surface area contributed by atoms with Crippen LogP contribution in [0.5, 0.6) is 0 Å². The lowest BCUT2D eigenvalue weighted by atomic mass is 10.2. The van der Waals surface area contributed by atoms with Crippen LogP contribution >= 0.6 is 0 Å². The molecule has 1 fully saturated rings. The van der Waals surface area contributed by atoms with Crippen molar-refractivity contribution >= 4 is 28.4 Å². The van der Waals surface area contributed by atoms with Gasteiger partial charge in [0.1, 0.15) is 5.52 Å². The molecule has 0 unspecified atom stereocenters. The summed E-state index contributed by atoms with van der Waals surface area (Å²) >= 11 is 0. The minimum absolute atomic E-state index is 0.0368. The van der Waals surface area contributed by atoms with Crippen LogP contribution in [0, 0.1) is 0 Å². The monoisotopic (exact) mass is 227 g/mol. The van der Waals surface area contributed by atoms with Crippen LogP contribution < -0.4 is 4.90 Å². The second kappa shape index (κ2) is 3.62. The Morgan fingerprint density at radius 2 is 2.00 bits per heavy atom. The molecule has 1 aliphatic heterocycles. The Morgan fingerprint density at radius 3 is 2.76 bits per heavy atom. The van der Waals surface area contributed by atoms with Gasteiger partial charge < -0.3 is 0 Å². The second-order valence-corrected chi connectivity index (χ2v) is 3.91. The number of hydrogen-bond donors (Lipinski definition) is 0. The van der Waals surface area contributed by atoms with E-state index in [1.165, 1.54) is 4.90 Å². The number of carbonyl (C=O) groups excluding carboxylic acids is 2. The second-order valence-electron chi connectivity index (χ2n) is 3.91. The van der Waals surface area contributed by atoms with E-state index in [0.717, 1.165) is 5.39 Å². The molecule has 3 heterocycles. The molecular formula is C12H9N3O2. The van der Waals surface area contributed by atoms with Crippen molar-refractivity contribution in [1.82, 2.24) is 9.97 Å². The molecule has 17 heavy (non-hydrogen) atoms. The van der Waals surface area contributed by atoms with Crippen molar-refractivity contribution in [3.8, 4) is 0 Å². The normalized spacial score (nSPS) is 15.9. The van der Waals surface area contributed by atoms with Gasteiger partial charge in [0, 0.05) is 17.8 Å². The molecule has 1 saturated heterocycles. The number of hydrogen-bond acceptors (Lipinski definition) is 4. The molecule has 84 valence electrons. The zero-order valence-corrected chi connectivity index (χ0v) is 8.96. The van der Waals surface area contributed by atoms with Gasteiger partial charge in [0.2, 0.25) is 5.91 Å². The summed E-state index contributed by atoms with van der Waals surface area (Å²) in [6.45, 7) is 0.0987. The Balaban J connectivity index is 2.17. The van der Waals surface area contributed by atoms with Gasteiger partial charge in [-0.05, 0) is 12.1 Å². The Bertz CT molecular complexity index is 619. The Labute approximate surface area is 97.1 Å². The first-order valence-electron chi connectivity index (χ1n) is 5.27. The van der Waals surface area contributed by atoms with E-state index in [0.29, 0.717) is 11.3 Å². The van der Waals surface area contributed by atoms with E-state index in [-0.39, 0.29) is 24.7 Å². The van der Waals surface area contributed by atoms with Crippen LogP contribution in [-0.4, -0.2) is 28.2 Å². The highest BCUT2D eigenvalue weighted by atomic mass is 16.2. The number of pyridine rings is 2. The fourth-order valence-electron chi connectivity index (χ4n) is 1.96. The molecule has 0 bridgehead atoms. The Kier molecular flexibility index (Phi) is 2.11. The smallest absolute Gasteiger partial charge is 0.236 e. The number of amides is 1. The Hall–Kier alpha value is -2.30. The maximum absolute atomic E-state index is 11.7. The average Bonchev–Trinajstić information content (AvgIpc) is 2.68. The van der Waals surface area contributed by atoms with Crippen molar-refractivity contribution in [2.75, 3.05) is 11.4 Å². The van der Waals surface area contributed by atoms with Crippen molar-refractivity contribution in [3.05, 3.63) is 30.6 Å². The van der Waals surface area contributed by atoms with E-state index in [2.05, 4.69) is 9.97 Å². The zero-order chi connectivity index (χ0) is 11.8. The predicted molar refractivity (Wildman–Crippen MR) is 61.5 cm³/mol. The number of carbonyl (C=O) groups is 2. The van der Waals surface area contributed by atoms with Crippen molar-refractivity contribution in [2.45, 2.75) is 6.42 Å². The summed E-state index contributed by atoms with van der Waals surface area (Å²) in [5.74, 6) is 0.185. The molecule has 0 radical (unpaired) electrons. The highest BCUT2D eigenvalue weighted by molar-refractivity contribution is 6.16. The molecule has 0 atom stereocenters. The molecular weight excluding hydrogens is 218 g/mol. The molecule has 0 N–H and O–H groups in total. The van der Waals surface area contributed by atoms with Crippen LogP contribution in [0.3, 0.4) is 0 Å². The molecule has 2 aromatic heterocycles. The molecule has 0 spiro atoms. The third-order valence-corrected chi connectivity index (χ3v) is 2.74. The fourth-order valence-corrected chi connectivity index (χ4v) is 1.96. The van der Waals surface area contributed by atoms with Gasteiger partial charge in [-0.2, -0.15) is 0 Å². The topological polar surface area (TPSA) is 63.2 Å². The summed E-state index contributed by atoms with van der Waals surface area (Å²) < 4.78 is 0. The lowest BCUT2D eigenvalue weighted by molar-refractivity contribution is -0.121. The van der Waals surface area contributed by atoms with Crippen molar-refractivity contribution in [3.63, 3.8) is 0 Å². The van der Waals surface area contributed by atoms with Crippen LogP contribution in [-0.2, 0) is 9.59 Å².